The zero-order chi connectivity index (χ0) is 11.0. The Kier molecular flexibility index (Phi) is 6.54. The summed E-state index contributed by atoms with van der Waals surface area (Å²) in [5.41, 5.74) is -0.274. The normalized spacial score (nSPS) is 11.4. The minimum absolute atomic E-state index is 0.140. The van der Waals surface area contributed by atoms with E-state index in [1.54, 1.807) is 0 Å². The smallest absolute Gasteiger partial charge is 0.225 e. The van der Waals surface area contributed by atoms with Crippen LogP contribution in [0.15, 0.2) is 0 Å². The van der Waals surface area contributed by atoms with Gasteiger partial charge in [0.05, 0.1) is 0 Å². The Morgan fingerprint density at radius 2 is 2.00 bits per heavy atom. The van der Waals surface area contributed by atoms with Crippen LogP contribution in [0.2, 0.25) is 0 Å². The van der Waals surface area contributed by atoms with E-state index >= 15 is 0 Å². The van der Waals surface area contributed by atoms with Crippen LogP contribution in [0, 0.1) is 12.3 Å². The van der Waals surface area contributed by atoms with E-state index < -0.39 is 0 Å². The van der Waals surface area contributed by atoms with Crippen molar-refractivity contribution in [2.24, 2.45) is 5.41 Å². The molecule has 0 aliphatic carbocycles. The number of carbonyl (C=O) groups is 1. The lowest BCUT2D eigenvalue weighted by Crippen LogP contribution is -2.38. The summed E-state index contributed by atoms with van der Waals surface area (Å²) in [6, 6.07) is 0. The summed E-state index contributed by atoms with van der Waals surface area (Å²) in [6.07, 6.45) is 2.69. The van der Waals surface area contributed by atoms with E-state index in [1.165, 1.54) is 0 Å². The average Bonchev–Trinajstić information content (AvgIpc) is 2.15. The molecule has 14 heavy (non-hydrogen) atoms. The minimum Gasteiger partial charge on any atom is -0.356 e. The summed E-state index contributed by atoms with van der Waals surface area (Å²) in [7, 11) is 1.90. The van der Waals surface area contributed by atoms with Crippen molar-refractivity contribution in [3.63, 3.8) is 0 Å². The van der Waals surface area contributed by atoms with E-state index in [4.69, 9.17) is 0 Å². The van der Waals surface area contributed by atoms with E-state index in [2.05, 4.69) is 17.6 Å². The second-order valence-corrected chi connectivity index (χ2v) is 4.20. The molecule has 0 rings (SSSR count). The van der Waals surface area contributed by atoms with E-state index in [1.807, 2.05) is 20.9 Å². The second-order valence-electron chi connectivity index (χ2n) is 4.20. The Morgan fingerprint density at radius 1 is 1.36 bits per heavy atom. The van der Waals surface area contributed by atoms with Crippen molar-refractivity contribution in [1.82, 2.24) is 10.6 Å². The van der Waals surface area contributed by atoms with Gasteiger partial charge in [0.25, 0.3) is 0 Å². The quantitative estimate of drug-likeness (QED) is 0.608. The molecule has 2 N–H and O–H groups in total. The molecule has 0 aliphatic rings. The fraction of sp³-hybridized carbons (Fsp3) is 0.818. The van der Waals surface area contributed by atoms with Gasteiger partial charge in [-0.2, -0.15) is 0 Å². The van der Waals surface area contributed by atoms with Crippen molar-refractivity contribution in [1.29, 1.82) is 0 Å². The first-order valence-electron chi connectivity index (χ1n) is 5.26. The third-order valence-electron chi connectivity index (χ3n) is 2.33. The second kappa shape index (κ2) is 6.82. The topological polar surface area (TPSA) is 41.1 Å². The largest absolute Gasteiger partial charge is 0.356 e. The van der Waals surface area contributed by atoms with Crippen LogP contribution in [-0.4, -0.2) is 26.0 Å². The lowest BCUT2D eigenvalue weighted by molar-refractivity contribution is -0.129. The fourth-order valence-corrected chi connectivity index (χ4v) is 1.12. The van der Waals surface area contributed by atoms with Crippen molar-refractivity contribution in [3.05, 3.63) is 6.92 Å². The standard InChI is InChI=1S/C11H23N2O/c1-5-6-8-13-10(14)11(2,3)7-9-12-4/h12H,1,5-9H2,2-4H3,(H,13,14). The Morgan fingerprint density at radius 3 is 2.50 bits per heavy atom. The number of amides is 1. The first-order valence-corrected chi connectivity index (χ1v) is 5.26. The van der Waals surface area contributed by atoms with E-state index in [0.29, 0.717) is 0 Å². The van der Waals surface area contributed by atoms with E-state index in [9.17, 15) is 4.79 Å². The Bertz CT molecular complexity index is 167. The molecule has 0 aromatic heterocycles. The first-order chi connectivity index (χ1) is 6.54. The van der Waals surface area contributed by atoms with Gasteiger partial charge in [-0.25, -0.2) is 0 Å². The summed E-state index contributed by atoms with van der Waals surface area (Å²) in [6.45, 7) is 9.30. The molecule has 0 aromatic rings. The highest BCUT2D eigenvalue weighted by Gasteiger charge is 2.26. The van der Waals surface area contributed by atoms with Crippen LogP contribution in [0.1, 0.15) is 33.1 Å². The van der Waals surface area contributed by atoms with Crippen LogP contribution in [0.3, 0.4) is 0 Å². The number of unbranched alkanes of at least 4 members (excludes halogenated alkanes) is 1. The van der Waals surface area contributed by atoms with Gasteiger partial charge in [0.2, 0.25) is 5.91 Å². The summed E-state index contributed by atoms with van der Waals surface area (Å²) in [5, 5.41) is 5.98. The lowest BCUT2D eigenvalue weighted by Gasteiger charge is -2.23. The van der Waals surface area contributed by atoms with Crippen LogP contribution < -0.4 is 10.6 Å². The number of carbonyl (C=O) groups excluding carboxylic acids is 1. The van der Waals surface area contributed by atoms with E-state index in [-0.39, 0.29) is 11.3 Å². The Labute approximate surface area is 87.6 Å². The minimum atomic E-state index is -0.274. The molecule has 1 radical (unpaired) electrons. The molecule has 1 amide bonds. The van der Waals surface area contributed by atoms with Crippen LogP contribution in [0.5, 0.6) is 0 Å². The van der Waals surface area contributed by atoms with E-state index in [0.717, 1.165) is 32.4 Å². The maximum Gasteiger partial charge on any atom is 0.225 e. The van der Waals surface area contributed by atoms with Gasteiger partial charge in [-0.15, -0.1) is 0 Å². The summed E-state index contributed by atoms with van der Waals surface area (Å²) in [5.74, 6) is 0.140. The highest BCUT2D eigenvalue weighted by Crippen LogP contribution is 2.19. The predicted molar refractivity (Wildman–Crippen MR) is 59.9 cm³/mol. The van der Waals surface area contributed by atoms with Crippen molar-refractivity contribution in [2.45, 2.75) is 33.1 Å². The van der Waals surface area contributed by atoms with Crippen molar-refractivity contribution in [2.75, 3.05) is 20.1 Å². The molecular formula is C11H23N2O. The zero-order valence-electron chi connectivity index (χ0n) is 9.65. The monoisotopic (exact) mass is 199 g/mol. The third-order valence-corrected chi connectivity index (χ3v) is 2.33. The van der Waals surface area contributed by atoms with Crippen LogP contribution in [-0.2, 0) is 4.79 Å². The molecule has 3 nitrogen and oxygen atoms in total. The first kappa shape index (κ1) is 13.4. The van der Waals surface area contributed by atoms with Gasteiger partial charge in [0, 0.05) is 12.0 Å². The summed E-state index contributed by atoms with van der Waals surface area (Å²) in [4.78, 5) is 11.7. The van der Waals surface area contributed by atoms with Gasteiger partial charge in [-0.1, -0.05) is 27.2 Å². The zero-order valence-corrected chi connectivity index (χ0v) is 9.65. The summed E-state index contributed by atoms with van der Waals surface area (Å²) >= 11 is 0. The van der Waals surface area contributed by atoms with Gasteiger partial charge in [0.1, 0.15) is 0 Å². The highest BCUT2D eigenvalue weighted by atomic mass is 16.2. The summed E-state index contributed by atoms with van der Waals surface area (Å²) < 4.78 is 0. The van der Waals surface area contributed by atoms with Gasteiger partial charge in [0.15, 0.2) is 0 Å². The lowest BCUT2D eigenvalue weighted by atomic mass is 9.88. The van der Waals surface area contributed by atoms with Gasteiger partial charge in [-0.05, 0) is 26.4 Å². The predicted octanol–water partition coefficient (Wildman–Crippen LogP) is 1.35. The Balaban J connectivity index is 3.82. The molecule has 0 unspecified atom stereocenters. The third kappa shape index (κ3) is 5.22. The molecule has 0 fully saturated rings. The Hall–Kier alpha value is -0.570. The molecule has 3 heteroatoms. The molecule has 0 atom stereocenters. The molecule has 0 saturated heterocycles. The van der Waals surface area contributed by atoms with Crippen molar-refractivity contribution >= 4 is 5.91 Å². The maximum absolute atomic E-state index is 11.7. The number of rotatable bonds is 7. The molecule has 0 aromatic carbocycles. The molecule has 83 valence electrons. The van der Waals surface area contributed by atoms with Crippen LogP contribution in [0.25, 0.3) is 0 Å². The molecule has 0 spiro atoms. The number of nitrogens with one attached hydrogen (secondary N) is 2. The SMILES string of the molecule is [CH2]CCCNC(=O)C(C)(C)CCNC. The molecule has 0 aliphatic heterocycles. The van der Waals surface area contributed by atoms with Crippen LogP contribution >= 0.6 is 0 Å². The molecule has 0 bridgehead atoms. The van der Waals surface area contributed by atoms with Crippen molar-refractivity contribution < 1.29 is 4.79 Å². The molecule has 0 heterocycles. The van der Waals surface area contributed by atoms with Gasteiger partial charge >= 0.3 is 0 Å². The molecule has 0 saturated carbocycles. The van der Waals surface area contributed by atoms with Gasteiger partial charge < -0.3 is 10.6 Å². The van der Waals surface area contributed by atoms with Crippen LogP contribution in [0.4, 0.5) is 0 Å². The maximum atomic E-state index is 11.7. The average molecular weight is 199 g/mol. The fourth-order valence-electron chi connectivity index (χ4n) is 1.12. The molecular weight excluding hydrogens is 176 g/mol. The number of hydrogen-bond donors (Lipinski definition) is 2. The highest BCUT2D eigenvalue weighted by molar-refractivity contribution is 5.81. The number of hydrogen-bond acceptors (Lipinski definition) is 2. The van der Waals surface area contributed by atoms with Crippen molar-refractivity contribution in [3.8, 4) is 0 Å². The van der Waals surface area contributed by atoms with Gasteiger partial charge in [-0.3, -0.25) is 4.79 Å².